The number of thiol groups is 2. The fraction of sp³-hybridized carbons (Fsp3) is 0.314. The third-order valence-electron chi connectivity index (χ3n) is 7.86. The molecular formula is C35H36O6S2. The lowest BCUT2D eigenvalue weighted by molar-refractivity contribution is -0.144. The van der Waals surface area contributed by atoms with Crippen LogP contribution in [0.4, 0.5) is 0 Å². The molecule has 0 aliphatic heterocycles. The number of fused-ring (bicyclic) bond motifs is 3. The van der Waals surface area contributed by atoms with Gasteiger partial charge in [-0.2, -0.15) is 25.3 Å². The molecule has 0 bridgehead atoms. The van der Waals surface area contributed by atoms with Crippen LogP contribution in [-0.2, 0) is 24.5 Å². The van der Waals surface area contributed by atoms with Gasteiger partial charge in [-0.25, -0.2) is 0 Å². The summed E-state index contributed by atoms with van der Waals surface area (Å²) in [7, 11) is 0. The van der Waals surface area contributed by atoms with Gasteiger partial charge in [-0.15, -0.1) is 0 Å². The summed E-state index contributed by atoms with van der Waals surface area (Å²) < 4.78 is 22.1. The second kappa shape index (κ2) is 14.7. The maximum absolute atomic E-state index is 11.6. The first-order chi connectivity index (χ1) is 21.1. The summed E-state index contributed by atoms with van der Waals surface area (Å²) in [6, 6.07) is 25.2. The molecule has 2 atom stereocenters. The topological polar surface area (TPSA) is 71.1 Å². The van der Waals surface area contributed by atoms with Crippen LogP contribution >= 0.6 is 25.3 Å². The van der Waals surface area contributed by atoms with Crippen LogP contribution in [0, 0.1) is 5.92 Å². The third-order valence-corrected chi connectivity index (χ3v) is 8.31. The standard InChI is InChI=1S/C35H36O6S2/c36-33(17-23-42)40-21-19-38-27-13-9-25(10-14-27)35(31-7-3-1-5-29(31)30-6-2-4-8-32(30)35)26-11-15-28(16-12-26)39-20-22-41-34(37)18-24-43/h1-16,29,31,42-43H,17-24H2. The molecular weight excluding hydrogens is 581 g/mol. The lowest BCUT2D eigenvalue weighted by atomic mass is 9.63. The van der Waals surface area contributed by atoms with Crippen LogP contribution < -0.4 is 9.47 Å². The molecule has 0 radical (unpaired) electrons. The summed E-state index contributed by atoms with van der Waals surface area (Å²) in [4.78, 5) is 23.2. The van der Waals surface area contributed by atoms with Gasteiger partial charge in [0.2, 0.25) is 0 Å². The molecule has 43 heavy (non-hydrogen) atoms. The molecule has 3 aromatic rings. The lowest BCUT2D eigenvalue weighted by Crippen LogP contribution is -2.35. The van der Waals surface area contributed by atoms with Gasteiger partial charge in [0.1, 0.15) is 37.9 Å². The van der Waals surface area contributed by atoms with E-state index < -0.39 is 5.41 Å². The van der Waals surface area contributed by atoms with Crippen LogP contribution in [0.3, 0.4) is 0 Å². The Morgan fingerprint density at radius 3 is 1.70 bits per heavy atom. The molecule has 2 unspecified atom stereocenters. The highest BCUT2D eigenvalue weighted by Gasteiger charge is 2.52. The summed E-state index contributed by atoms with van der Waals surface area (Å²) in [5, 5.41) is 0. The number of allylic oxidation sites excluding steroid dienone is 4. The van der Waals surface area contributed by atoms with E-state index in [0.717, 1.165) is 11.1 Å². The Balaban J connectivity index is 1.40. The van der Waals surface area contributed by atoms with E-state index in [-0.39, 0.29) is 63.0 Å². The number of carbonyl (C=O) groups excluding carboxylic acids is 2. The van der Waals surface area contributed by atoms with Crippen molar-refractivity contribution < 1.29 is 28.5 Å². The fourth-order valence-electron chi connectivity index (χ4n) is 6.09. The van der Waals surface area contributed by atoms with Crippen LogP contribution in [0.1, 0.15) is 41.0 Å². The zero-order chi connectivity index (χ0) is 30.1. The first-order valence-electron chi connectivity index (χ1n) is 14.5. The highest BCUT2D eigenvalue weighted by molar-refractivity contribution is 7.80. The number of rotatable bonds is 14. The van der Waals surface area contributed by atoms with E-state index in [2.05, 4.69) is 98.1 Å². The van der Waals surface area contributed by atoms with Gasteiger partial charge in [0.15, 0.2) is 0 Å². The predicted molar refractivity (Wildman–Crippen MR) is 174 cm³/mol. The van der Waals surface area contributed by atoms with Crippen molar-refractivity contribution in [3.05, 3.63) is 119 Å². The van der Waals surface area contributed by atoms with E-state index in [0.29, 0.717) is 23.0 Å². The van der Waals surface area contributed by atoms with E-state index in [1.807, 2.05) is 24.3 Å². The van der Waals surface area contributed by atoms with E-state index >= 15 is 0 Å². The molecule has 0 spiro atoms. The highest BCUT2D eigenvalue weighted by Crippen LogP contribution is 2.59. The molecule has 0 N–H and O–H groups in total. The van der Waals surface area contributed by atoms with Crippen LogP contribution in [0.2, 0.25) is 0 Å². The normalized spacial score (nSPS) is 17.5. The number of carbonyl (C=O) groups is 2. The molecule has 8 heteroatoms. The molecule has 6 nitrogen and oxygen atoms in total. The van der Waals surface area contributed by atoms with Gasteiger partial charge < -0.3 is 18.9 Å². The van der Waals surface area contributed by atoms with Crippen molar-refractivity contribution in [1.29, 1.82) is 0 Å². The number of hydrogen-bond donors (Lipinski definition) is 2. The minimum absolute atomic E-state index is 0.172. The Kier molecular flexibility index (Phi) is 10.5. The lowest BCUT2D eigenvalue weighted by Gasteiger charge is -2.39. The Bertz CT molecular complexity index is 1380. The van der Waals surface area contributed by atoms with Crippen molar-refractivity contribution in [1.82, 2.24) is 0 Å². The van der Waals surface area contributed by atoms with Crippen molar-refractivity contribution in [3.63, 3.8) is 0 Å². The smallest absolute Gasteiger partial charge is 0.306 e. The number of benzene rings is 3. The Hall–Kier alpha value is -3.62. The summed E-state index contributed by atoms with van der Waals surface area (Å²) in [5.74, 6) is 2.21. The van der Waals surface area contributed by atoms with E-state index in [1.54, 1.807) is 0 Å². The third kappa shape index (κ3) is 6.81. The van der Waals surface area contributed by atoms with Crippen molar-refractivity contribution >= 4 is 37.2 Å². The zero-order valence-electron chi connectivity index (χ0n) is 23.9. The van der Waals surface area contributed by atoms with Crippen LogP contribution in [-0.4, -0.2) is 49.9 Å². The molecule has 5 rings (SSSR count). The van der Waals surface area contributed by atoms with Crippen molar-refractivity contribution in [2.75, 3.05) is 37.9 Å². The Morgan fingerprint density at radius 1 is 0.651 bits per heavy atom. The Labute approximate surface area is 263 Å². The van der Waals surface area contributed by atoms with Crippen molar-refractivity contribution in [3.8, 4) is 11.5 Å². The zero-order valence-corrected chi connectivity index (χ0v) is 25.7. The predicted octanol–water partition coefficient (Wildman–Crippen LogP) is 6.34. The molecule has 0 fully saturated rings. The summed E-state index contributed by atoms with van der Waals surface area (Å²) in [5.41, 5.74) is 4.47. The van der Waals surface area contributed by atoms with Gasteiger partial charge in [-0.05, 0) is 46.5 Å². The SMILES string of the molecule is O=C(CCS)OCCOc1ccc(C2(c3ccc(OCCOC(=O)CCS)cc3)c3ccccc3C3C=CC=CC32)cc1. The van der Waals surface area contributed by atoms with Crippen molar-refractivity contribution in [2.45, 2.75) is 24.2 Å². The van der Waals surface area contributed by atoms with Gasteiger partial charge in [-0.1, -0.05) is 72.8 Å². The minimum Gasteiger partial charge on any atom is -0.490 e. The minimum atomic E-state index is -0.440. The van der Waals surface area contributed by atoms with Gasteiger partial charge >= 0.3 is 11.9 Å². The average Bonchev–Trinajstić information content (AvgIpc) is 3.34. The molecule has 0 heterocycles. The number of ether oxygens (including phenoxy) is 4. The van der Waals surface area contributed by atoms with Gasteiger partial charge in [0.05, 0.1) is 18.3 Å². The maximum Gasteiger partial charge on any atom is 0.306 e. The summed E-state index contributed by atoms with van der Waals surface area (Å²) in [6.07, 6.45) is 9.45. The molecule has 3 aromatic carbocycles. The number of hydrogen-bond acceptors (Lipinski definition) is 8. The van der Waals surface area contributed by atoms with Gasteiger partial charge in [-0.3, -0.25) is 9.59 Å². The van der Waals surface area contributed by atoms with E-state index in [4.69, 9.17) is 18.9 Å². The van der Waals surface area contributed by atoms with E-state index in [9.17, 15) is 9.59 Å². The molecule has 2 aliphatic carbocycles. The molecule has 0 saturated carbocycles. The summed E-state index contributed by atoms with van der Waals surface area (Å²) >= 11 is 8.12. The monoisotopic (exact) mass is 616 g/mol. The number of esters is 2. The average molecular weight is 617 g/mol. The largest absolute Gasteiger partial charge is 0.490 e. The quantitative estimate of drug-likeness (QED) is 0.125. The van der Waals surface area contributed by atoms with Crippen LogP contribution in [0.25, 0.3) is 0 Å². The first-order valence-corrected chi connectivity index (χ1v) is 15.8. The molecule has 0 aromatic heterocycles. The highest BCUT2D eigenvalue weighted by atomic mass is 32.1. The van der Waals surface area contributed by atoms with E-state index in [1.165, 1.54) is 11.1 Å². The van der Waals surface area contributed by atoms with Crippen LogP contribution in [0.15, 0.2) is 97.1 Å². The summed E-state index contributed by atoms with van der Waals surface area (Å²) in [6.45, 7) is 0.942. The molecule has 0 amide bonds. The molecule has 0 saturated heterocycles. The van der Waals surface area contributed by atoms with Gasteiger partial charge in [0, 0.05) is 23.3 Å². The first kappa shape index (κ1) is 30.8. The maximum atomic E-state index is 11.6. The van der Waals surface area contributed by atoms with Gasteiger partial charge in [0.25, 0.3) is 0 Å². The second-order valence-corrected chi connectivity index (χ2v) is 11.2. The Morgan fingerprint density at radius 2 is 1.16 bits per heavy atom. The molecule has 224 valence electrons. The van der Waals surface area contributed by atoms with Crippen molar-refractivity contribution in [2.24, 2.45) is 5.92 Å². The molecule has 2 aliphatic rings. The fourth-order valence-corrected chi connectivity index (χ4v) is 6.46. The van der Waals surface area contributed by atoms with Crippen LogP contribution in [0.5, 0.6) is 11.5 Å². The second-order valence-electron chi connectivity index (χ2n) is 10.4.